The second-order valence-electron chi connectivity index (χ2n) is 3.04. The number of carbonyl (C=O) groups is 1. The third kappa shape index (κ3) is 3.06. The second-order valence-corrected chi connectivity index (χ2v) is 4.15. The van der Waals surface area contributed by atoms with Gasteiger partial charge in [-0.15, -0.1) is 0 Å². The monoisotopic (exact) mass is 381 g/mol. The number of hydrogen-bond acceptors (Lipinski definition) is 3. The van der Waals surface area contributed by atoms with Crippen molar-refractivity contribution in [3.8, 4) is 0 Å². The van der Waals surface area contributed by atoms with Crippen LogP contribution in [-0.2, 0) is 10.9 Å². The maximum atomic E-state index is 12.7. The highest BCUT2D eigenvalue weighted by atomic mass is 127. The number of methoxy groups -OCH3 is 1. The van der Waals surface area contributed by atoms with Crippen LogP contribution in [0.15, 0.2) is 6.07 Å². The highest BCUT2D eigenvalue weighted by Gasteiger charge is 2.39. The van der Waals surface area contributed by atoms with Gasteiger partial charge in [0, 0.05) is 0 Å². The fourth-order valence-corrected chi connectivity index (χ4v) is 1.78. The van der Waals surface area contributed by atoms with Crippen LogP contribution >= 0.6 is 22.6 Å². The lowest BCUT2D eigenvalue weighted by atomic mass is 10.1. The maximum Gasteiger partial charge on any atom is 0.417 e. The number of ether oxygens (including phenoxy) is 1. The molecule has 1 aromatic heterocycles. The summed E-state index contributed by atoms with van der Waals surface area (Å²) in [6, 6.07) is 0.453. The summed E-state index contributed by atoms with van der Waals surface area (Å²) in [6.45, 7) is 0. The van der Waals surface area contributed by atoms with Crippen molar-refractivity contribution in [1.29, 1.82) is 0 Å². The van der Waals surface area contributed by atoms with E-state index >= 15 is 0 Å². The van der Waals surface area contributed by atoms with Gasteiger partial charge in [0.2, 0.25) is 0 Å². The molecule has 0 aromatic carbocycles. The van der Waals surface area contributed by atoms with Gasteiger partial charge in [-0.05, 0) is 28.7 Å². The molecule has 0 unspecified atom stereocenters. The van der Waals surface area contributed by atoms with Gasteiger partial charge < -0.3 is 4.74 Å². The van der Waals surface area contributed by atoms with E-state index in [-0.39, 0.29) is 3.70 Å². The zero-order valence-electron chi connectivity index (χ0n) is 8.69. The second kappa shape index (κ2) is 5.33. The topological polar surface area (TPSA) is 39.2 Å². The molecule has 0 N–H and O–H groups in total. The van der Waals surface area contributed by atoms with E-state index in [2.05, 4.69) is 9.72 Å². The minimum absolute atomic E-state index is 0.232. The van der Waals surface area contributed by atoms with Crippen LogP contribution in [-0.4, -0.2) is 18.1 Å². The molecule has 0 aliphatic heterocycles. The number of hydrogen-bond donors (Lipinski definition) is 0. The van der Waals surface area contributed by atoms with Crippen molar-refractivity contribution in [1.82, 2.24) is 4.98 Å². The fourth-order valence-electron chi connectivity index (χ4n) is 1.23. The minimum Gasteiger partial charge on any atom is -0.464 e. The van der Waals surface area contributed by atoms with E-state index in [0.717, 1.165) is 7.11 Å². The zero-order valence-corrected chi connectivity index (χ0v) is 10.8. The van der Waals surface area contributed by atoms with Gasteiger partial charge in [0.15, 0.2) is 5.69 Å². The first kappa shape index (κ1) is 15.1. The zero-order chi connectivity index (χ0) is 14.1. The van der Waals surface area contributed by atoms with E-state index < -0.39 is 35.4 Å². The van der Waals surface area contributed by atoms with E-state index in [1.807, 2.05) is 0 Å². The lowest BCUT2D eigenvalue weighted by molar-refractivity contribution is -0.139. The Morgan fingerprint density at radius 3 is 2.39 bits per heavy atom. The first-order valence-corrected chi connectivity index (χ1v) is 5.40. The van der Waals surface area contributed by atoms with Gasteiger partial charge in [0.25, 0.3) is 6.43 Å². The SMILES string of the molecule is COC(=O)c1nc(I)cc(C(F)(F)F)c1C(F)F. The molecule has 0 amide bonds. The van der Waals surface area contributed by atoms with Gasteiger partial charge in [-0.1, -0.05) is 0 Å². The minimum atomic E-state index is -5.00. The molecule has 9 heteroatoms. The summed E-state index contributed by atoms with van der Waals surface area (Å²) in [5.74, 6) is -1.34. The maximum absolute atomic E-state index is 12.7. The fraction of sp³-hybridized carbons (Fsp3) is 0.333. The Labute approximate surface area is 111 Å². The van der Waals surface area contributed by atoms with Crippen LogP contribution in [0.3, 0.4) is 0 Å². The highest BCUT2D eigenvalue weighted by molar-refractivity contribution is 14.1. The molecule has 1 aromatic rings. The van der Waals surface area contributed by atoms with Gasteiger partial charge in [0.1, 0.15) is 3.70 Å². The summed E-state index contributed by atoms with van der Waals surface area (Å²) in [5, 5.41) is 0. The largest absolute Gasteiger partial charge is 0.464 e. The third-order valence-corrected chi connectivity index (χ3v) is 2.48. The van der Waals surface area contributed by atoms with Crippen molar-refractivity contribution in [3.05, 3.63) is 26.6 Å². The predicted molar refractivity (Wildman–Crippen MR) is 58.3 cm³/mol. The first-order valence-electron chi connectivity index (χ1n) is 4.32. The van der Waals surface area contributed by atoms with Gasteiger partial charge in [-0.3, -0.25) is 0 Å². The molecule has 0 radical (unpaired) electrons. The van der Waals surface area contributed by atoms with E-state index in [9.17, 15) is 26.7 Å². The number of rotatable bonds is 2. The Kier molecular flexibility index (Phi) is 4.46. The van der Waals surface area contributed by atoms with Gasteiger partial charge >= 0.3 is 12.1 Å². The molecule has 0 fully saturated rings. The van der Waals surface area contributed by atoms with Crippen molar-refractivity contribution >= 4 is 28.6 Å². The summed E-state index contributed by atoms with van der Waals surface area (Å²) in [7, 11) is 0.867. The molecule has 0 saturated heterocycles. The summed E-state index contributed by atoms with van der Waals surface area (Å²) in [6.07, 6.45) is -8.49. The number of nitrogens with zero attached hydrogens (tertiary/aromatic N) is 1. The molecule has 1 heterocycles. The van der Waals surface area contributed by atoms with Crippen LogP contribution in [0.25, 0.3) is 0 Å². The number of aromatic nitrogens is 1. The third-order valence-electron chi connectivity index (χ3n) is 1.93. The number of alkyl halides is 5. The number of pyridine rings is 1. The van der Waals surface area contributed by atoms with Crippen LogP contribution in [0.2, 0.25) is 0 Å². The molecule has 3 nitrogen and oxygen atoms in total. The van der Waals surface area contributed by atoms with Crippen LogP contribution in [0, 0.1) is 3.70 Å². The summed E-state index contributed by atoms with van der Waals surface area (Å²) < 4.78 is 67.2. The van der Waals surface area contributed by atoms with E-state index in [1.165, 1.54) is 22.6 Å². The summed E-state index contributed by atoms with van der Waals surface area (Å²) in [5.41, 5.74) is -4.07. The van der Waals surface area contributed by atoms with E-state index in [0.29, 0.717) is 6.07 Å². The van der Waals surface area contributed by atoms with Crippen LogP contribution < -0.4 is 0 Å². The van der Waals surface area contributed by atoms with Gasteiger partial charge in [-0.25, -0.2) is 18.6 Å². The Bertz CT molecular complexity index is 475. The van der Waals surface area contributed by atoms with Crippen LogP contribution in [0.1, 0.15) is 28.0 Å². The van der Waals surface area contributed by atoms with Crippen LogP contribution in [0.4, 0.5) is 22.0 Å². The summed E-state index contributed by atoms with van der Waals surface area (Å²) >= 11 is 1.40. The standard InChI is InChI=1S/C9H5F5INO2/c1-18-8(17)6-5(7(10)11)3(9(12,13)14)2-4(15)16-6/h2,7H,1H3. The average molecular weight is 381 g/mol. The van der Waals surface area contributed by atoms with Gasteiger partial charge in [-0.2, -0.15) is 13.2 Å². The summed E-state index contributed by atoms with van der Waals surface area (Å²) in [4.78, 5) is 14.6. The lowest BCUT2D eigenvalue weighted by Gasteiger charge is -2.15. The number of esters is 1. The molecule has 0 aliphatic carbocycles. The van der Waals surface area contributed by atoms with Crippen molar-refractivity contribution < 1.29 is 31.5 Å². The molecule has 0 spiro atoms. The van der Waals surface area contributed by atoms with Crippen molar-refractivity contribution in [2.75, 3.05) is 7.11 Å². The number of carbonyl (C=O) groups excluding carboxylic acids is 1. The van der Waals surface area contributed by atoms with E-state index in [4.69, 9.17) is 0 Å². The van der Waals surface area contributed by atoms with Crippen molar-refractivity contribution in [2.24, 2.45) is 0 Å². The molecule has 1 rings (SSSR count). The van der Waals surface area contributed by atoms with Gasteiger partial charge in [0.05, 0.1) is 18.2 Å². The Morgan fingerprint density at radius 2 is 2.00 bits per heavy atom. The molecule has 100 valence electrons. The molecule has 0 saturated carbocycles. The molecule has 18 heavy (non-hydrogen) atoms. The normalized spacial score (nSPS) is 11.8. The van der Waals surface area contributed by atoms with Crippen molar-refractivity contribution in [2.45, 2.75) is 12.6 Å². The first-order chi connectivity index (χ1) is 8.18. The average Bonchev–Trinajstić information content (AvgIpc) is 2.25. The molecular weight excluding hydrogens is 376 g/mol. The Balaban J connectivity index is 3.62. The van der Waals surface area contributed by atoms with Crippen LogP contribution in [0.5, 0.6) is 0 Å². The predicted octanol–water partition coefficient (Wildman–Crippen LogP) is 3.43. The lowest BCUT2D eigenvalue weighted by Crippen LogP contribution is -2.18. The molecule has 0 atom stereocenters. The Morgan fingerprint density at radius 1 is 1.44 bits per heavy atom. The number of halogens is 6. The quantitative estimate of drug-likeness (QED) is 0.341. The Hall–Kier alpha value is -1.00. The highest BCUT2D eigenvalue weighted by Crippen LogP contribution is 2.38. The molecule has 0 aliphatic rings. The van der Waals surface area contributed by atoms with E-state index in [1.54, 1.807) is 0 Å². The smallest absolute Gasteiger partial charge is 0.417 e. The van der Waals surface area contributed by atoms with Crippen molar-refractivity contribution in [3.63, 3.8) is 0 Å². The molecule has 0 bridgehead atoms. The molecular formula is C9H5F5INO2.